The van der Waals surface area contributed by atoms with Gasteiger partial charge < -0.3 is 24.2 Å². The van der Waals surface area contributed by atoms with Crippen LogP contribution in [0.1, 0.15) is 25.7 Å². The summed E-state index contributed by atoms with van der Waals surface area (Å²) in [6, 6.07) is 5.79. The summed E-state index contributed by atoms with van der Waals surface area (Å²) in [6.45, 7) is 4.05. The van der Waals surface area contributed by atoms with Gasteiger partial charge in [-0.05, 0) is 37.8 Å². The van der Waals surface area contributed by atoms with E-state index in [9.17, 15) is 9.59 Å². The van der Waals surface area contributed by atoms with Crippen molar-refractivity contribution in [2.24, 2.45) is 5.41 Å². The Morgan fingerprint density at radius 3 is 2.38 bits per heavy atom. The van der Waals surface area contributed by atoms with Gasteiger partial charge in [-0.3, -0.25) is 4.79 Å². The van der Waals surface area contributed by atoms with E-state index >= 15 is 0 Å². The molecule has 7 heteroatoms. The molecule has 0 aromatic heterocycles. The summed E-state index contributed by atoms with van der Waals surface area (Å²) in [6.07, 6.45) is 3.72. The smallest absolute Gasteiger partial charge is 0.319 e. The summed E-state index contributed by atoms with van der Waals surface area (Å²) in [5.74, 6) is 1.59. The number of piperidine rings is 1. The summed E-state index contributed by atoms with van der Waals surface area (Å²) < 4.78 is 10.7. The number of likely N-dealkylation sites (tertiary alicyclic amines) is 2. The number of β-lactam (4-membered cyclic amide) rings is 1. The van der Waals surface area contributed by atoms with Crippen LogP contribution in [0.3, 0.4) is 0 Å². The maximum absolute atomic E-state index is 12.9. The molecule has 7 nitrogen and oxygen atoms in total. The third-order valence-electron chi connectivity index (χ3n) is 6.20. The van der Waals surface area contributed by atoms with Crippen molar-refractivity contribution in [3.63, 3.8) is 0 Å². The Morgan fingerprint density at radius 1 is 0.962 bits per heavy atom. The maximum atomic E-state index is 12.9. The fraction of sp³-hybridized carbons (Fsp3) is 0.579. The zero-order valence-electron chi connectivity index (χ0n) is 14.8. The van der Waals surface area contributed by atoms with Crippen molar-refractivity contribution < 1.29 is 19.1 Å². The number of urea groups is 1. The van der Waals surface area contributed by atoms with Crippen LogP contribution in [0.2, 0.25) is 0 Å². The van der Waals surface area contributed by atoms with Crippen LogP contribution in [0.15, 0.2) is 18.2 Å². The number of amides is 3. The van der Waals surface area contributed by atoms with E-state index in [1.807, 2.05) is 32.9 Å². The van der Waals surface area contributed by atoms with E-state index in [0.717, 1.165) is 56.8 Å². The fourth-order valence-electron chi connectivity index (χ4n) is 4.51. The van der Waals surface area contributed by atoms with E-state index in [-0.39, 0.29) is 24.1 Å². The summed E-state index contributed by atoms with van der Waals surface area (Å²) in [5, 5.41) is 0. The second-order valence-corrected chi connectivity index (χ2v) is 7.67. The lowest BCUT2D eigenvalue weighted by Crippen LogP contribution is -2.65. The largest absolute Gasteiger partial charge is 0.454 e. The molecule has 0 bridgehead atoms. The summed E-state index contributed by atoms with van der Waals surface area (Å²) in [4.78, 5) is 31.1. The van der Waals surface area contributed by atoms with Crippen LogP contribution in [0.25, 0.3) is 0 Å². The first kappa shape index (κ1) is 15.8. The molecule has 0 saturated carbocycles. The molecule has 26 heavy (non-hydrogen) atoms. The lowest BCUT2D eigenvalue weighted by atomic mass is 9.71. The quantitative estimate of drug-likeness (QED) is 0.722. The van der Waals surface area contributed by atoms with Crippen LogP contribution >= 0.6 is 0 Å². The highest BCUT2D eigenvalue weighted by molar-refractivity contribution is 6.04. The first-order valence-corrected chi connectivity index (χ1v) is 9.42. The van der Waals surface area contributed by atoms with Crippen molar-refractivity contribution in [1.29, 1.82) is 0 Å². The average molecular weight is 357 g/mol. The monoisotopic (exact) mass is 357 g/mol. The third kappa shape index (κ3) is 2.33. The Morgan fingerprint density at radius 2 is 1.65 bits per heavy atom. The van der Waals surface area contributed by atoms with Crippen molar-refractivity contribution in [3.8, 4) is 11.5 Å². The molecule has 4 heterocycles. The predicted molar refractivity (Wildman–Crippen MR) is 94.4 cm³/mol. The number of hydrogen-bond acceptors (Lipinski definition) is 4. The van der Waals surface area contributed by atoms with Gasteiger partial charge in [0.05, 0.1) is 5.41 Å². The second kappa shape index (κ2) is 5.79. The van der Waals surface area contributed by atoms with Crippen LogP contribution in [0.5, 0.6) is 11.5 Å². The van der Waals surface area contributed by atoms with Gasteiger partial charge in [0.25, 0.3) is 0 Å². The minimum Gasteiger partial charge on any atom is -0.454 e. The van der Waals surface area contributed by atoms with Gasteiger partial charge in [-0.2, -0.15) is 0 Å². The highest BCUT2D eigenvalue weighted by Gasteiger charge is 2.54. The standard InChI is InChI=1S/C19H23N3O4/c23-17-19(5-9-21(10-6-19)18(24)20-7-1-2-8-20)12-22(17)14-3-4-15-16(11-14)26-13-25-15/h3-4,11H,1-2,5-10,12-13H2. The predicted octanol–water partition coefficient (Wildman–Crippen LogP) is 2.06. The van der Waals surface area contributed by atoms with E-state index in [1.165, 1.54) is 0 Å². The summed E-state index contributed by atoms with van der Waals surface area (Å²) in [7, 11) is 0. The topological polar surface area (TPSA) is 62.3 Å². The summed E-state index contributed by atoms with van der Waals surface area (Å²) in [5.41, 5.74) is 0.568. The highest BCUT2D eigenvalue weighted by Crippen LogP contribution is 2.46. The van der Waals surface area contributed by atoms with E-state index < -0.39 is 0 Å². The summed E-state index contributed by atoms with van der Waals surface area (Å²) >= 11 is 0. The Hall–Kier alpha value is -2.44. The number of nitrogens with zero attached hydrogens (tertiary/aromatic N) is 3. The first-order chi connectivity index (χ1) is 12.7. The molecule has 3 amide bonds. The van der Waals surface area contributed by atoms with Crippen molar-refractivity contribution in [1.82, 2.24) is 9.80 Å². The first-order valence-electron chi connectivity index (χ1n) is 9.42. The molecule has 4 aliphatic rings. The number of rotatable bonds is 1. The third-order valence-corrected chi connectivity index (χ3v) is 6.20. The van der Waals surface area contributed by atoms with Gasteiger partial charge in [0, 0.05) is 44.5 Å². The van der Waals surface area contributed by atoms with Crippen LogP contribution in [0.4, 0.5) is 10.5 Å². The molecule has 1 aromatic rings. The van der Waals surface area contributed by atoms with Crippen LogP contribution in [-0.2, 0) is 4.79 Å². The van der Waals surface area contributed by atoms with E-state index in [2.05, 4.69) is 0 Å². The number of carbonyl (C=O) groups is 2. The second-order valence-electron chi connectivity index (χ2n) is 7.67. The molecule has 1 aromatic carbocycles. The number of carbonyl (C=O) groups excluding carboxylic acids is 2. The molecular weight excluding hydrogens is 334 g/mol. The van der Waals surface area contributed by atoms with Gasteiger partial charge in [0.1, 0.15) is 0 Å². The zero-order valence-corrected chi connectivity index (χ0v) is 14.8. The van der Waals surface area contributed by atoms with Crippen LogP contribution < -0.4 is 14.4 Å². The molecule has 0 N–H and O–H groups in total. The van der Waals surface area contributed by atoms with Crippen LogP contribution in [0, 0.1) is 5.41 Å². The SMILES string of the molecule is O=C(N1CCCC1)N1CCC2(CC1)CN(c1ccc3c(c1)OCO3)C2=O. The van der Waals surface area contributed by atoms with Crippen LogP contribution in [-0.4, -0.2) is 61.3 Å². The van der Waals surface area contributed by atoms with Gasteiger partial charge in [-0.15, -0.1) is 0 Å². The van der Waals surface area contributed by atoms with Gasteiger partial charge in [0.2, 0.25) is 12.7 Å². The van der Waals surface area contributed by atoms with Crippen molar-refractivity contribution >= 4 is 17.6 Å². The Balaban J connectivity index is 1.23. The van der Waals surface area contributed by atoms with E-state index in [1.54, 1.807) is 0 Å². The van der Waals surface area contributed by atoms with Gasteiger partial charge in [-0.25, -0.2) is 4.79 Å². The molecule has 0 atom stereocenters. The number of benzene rings is 1. The zero-order chi connectivity index (χ0) is 17.7. The molecule has 5 rings (SSSR count). The van der Waals surface area contributed by atoms with E-state index in [4.69, 9.17) is 9.47 Å². The van der Waals surface area contributed by atoms with Gasteiger partial charge in [-0.1, -0.05) is 0 Å². The number of ether oxygens (including phenoxy) is 2. The normalized spacial score (nSPS) is 23.5. The molecule has 3 fully saturated rings. The van der Waals surface area contributed by atoms with E-state index in [0.29, 0.717) is 18.8 Å². The highest BCUT2D eigenvalue weighted by atomic mass is 16.7. The fourth-order valence-corrected chi connectivity index (χ4v) is 4.51. The minimum absolute atomic E-state index is 0.150. The lowest BCUT2D eigenvalue weighted by molar-refractivity contribution is -0.138. The van der Waals surface area contributed by atoms with Gasteiger partial charge in [0.15, 0.2) is 11.5 Å². The molecule has 4 aliphatic heterocycles. The molecule has 0 unspecified atom stereocenters. The van der Waals surface area contributed by atoms with Crippen molar-refractivity contribution in [2.45, 2.75) is 25.7 Å². The van der Waals surface area contributed by atoms with Crippen molar-refractivity contribution in [3.05, 3.63) is 18.2 Å². The Kier molecular flexibility index (Phi) is 3.52. The molecule has 0 radical (unpaired) electrons. The number of fused-ring (bicyclic) bond motifs is 1. The molecule has 0 aliphatic carbocycles. The molecular formula is C19H23N3O4. The van der Waals surface area contributed by atoms with Crippen molar-refractivity contribution in [2.75, 3.05) is 44.4 Å². The molecule has 3 saturated heterocycles. The Bertz CT molecular complexity index is 751. The number of hydrogen-bond donors (Lipinski definition) is 0. The maximum Gasteiger partial charge on any atom is 0.319 e. The lowest BCUT2D eigenvalue weighted by Gasteiger charge is -2.52. The van der Waals surface area contributed by atoms with Gasteiger partial charge >= 0.3 is 6.03 Å². The average Bonchev–Trinajstić information content (AvgIpc) is 3.36. The molecule has 1 spiro atoms. The Labute approximate surface area is 152 Å². The number of anilines is 1. The molecule has 138 valence electrons. The minimum atomic E-state index is -0.293.